The molecule has 2 aromatic heterocycles. The molecule has 2 fully saturated rings. The van der Waals surface area contributed by atoms with E-state index in [1.807, 2.05) is 17.0 Å². The number of piperidine rings is 1. The van der Waals surface area contributed by atoms with Crippen molar-refractivity contribution in [1.29, 1.82) is 0 Å². The molecule has 0 saturated carbocycles. The summed E-state index contributed by atoms with van der Waals surface area (Å²) in [5.41, 5.74) is 0.170. The van der Waals surface area contributed by atoms with Gasteiger partial charge in [-0.3, -0.25) is 9.78 Å². The summed E-state index contributed by atoms with van der Waals surface area (Å²) in [6, 6.07) is 7.22. The fourth-order valence-corrected chi connectivity index (χ4v) is 3.71. The van der Waals surface area contributed by atoms with Gasteiger partial charge in [0.2, 0.25) is 0 Å². The van der Waals surface area contributed by atoms with E-state index in [0.29, 0.717) is 12.4 Å². The molecule has 0 aromatic carbocycles. The van der Waals surface area contributed by atoms with Crippen LogP contribution in [-0.4, -0.2) is 48.2 Å². The number of hydrogen-bond donors (Lipinski definition) is 0. The van der Waals surface area contributed by atoms with Gasteiger partial charge in [0.25, 0.3) is 5.91 Å². The Kier molecular flexibility index (Phi) is 4.44. The summed E-state index contributed by atoms with van der Waals surface area (Å²) >= 11 is 0. The van der Waals surface area contributed by atoms with E-state index in [1.54, 1.807) is 24.5 Å². The third-order valence-electron chi connectivity index (χ3n) is 5.20. The molecule has 132 valence electrons. The summed E-state index contributed by atoms with van der Waals surface area (Å²) in [6.45, 7) is 2.79. The second-order valence-corrected chi connectivity index (χ2v) is 6.91. The minimum Gasteiger partial charge on any atom is -0.489 e. The Morgan fingerprint density at radius 3 is 2.92 bits per heavy atom. The van der Waals surface area contributed by atoms with Gasteiger partial charge in [-0.1, -0.05) is 0 Å². The van der Waals surface area contributed by atoms with E-state index in [-0.39, 0.29) is 17.4 Å². The lowest BCUT2D eigenvalue weighted by Crippen LogP contribution is -2.43. The molecule has 4 heterocycles. The van der Waals surface area contributed by atoms with E-state index in [4.69, 9.17) is 13.9 Å². The SMILES string of the molecule is O=C(c1ccco1)N1CCC2(CC1)CO[C@H](COc1cccnc1)C2. The maximum Gasteiger partial charge on any atom is 0.289 e. The zero-order chi connectivity index (χ0) is 17.1. The Balaban J connectivity index is 1.28. The molecule has 2 saturated heterocycles. The van der Waals surface area contributed by atoms with E-state index in [9.17, 15) is 4.79 Å². The van der Waals surface area contributed by atoms with Crippen LogP contribution in [0.4, 0.5) is 0 Å². The second kappa shape index (κ2) is 6.88. The highest BCUT2D eigenvalue weighted by Crippen LogP contribution is 2.42. The van der Waals surface area contributed by atoms with Crippen LogP contribution in [0.15, 0.2) is 47.3 Å². The van der Waals surface area contributed by atoms with Gasteiger partial charge in [0.05, 0.1) is 25.2 Å². The minimum absolute atomic E-state index is 0.0183. The quantitative estimate of drug-likeness (QED) is 0.855. The van der Waals surface area contributed by atoms with Crippen LogP contribution in [0.25, 0.3) is 0 Å². The number of pyridine rings is 1. The first-order valence-electron chi connectivity index (χ1n) is 8.71. The Hall–Kier alpha value is -2.34. The van der Waals surface area contributed by atoms with Crippen LogP contribution in [0.5, 0.6) is 5.75 Å². The maximum absolute atomic E-state index is 12.4. The summed E-state index contributed by atoms with van der Waals surface area (Å²) in [6.07, 6.45) is 7.99. The Bertz CT molecular complexity index is 693. The number of hydrogen-bond acceptors (Lipinski definition) is 5. The topological polar surface area (TPSA) is 64.8 Å². The van der Waals surface area contributed by atoms with Crippen molar-refractivity contribution < 1.29 is 18.7 Å². The highest BCUT2D eigenvalue weighted by Gasteiger charge is 2.43. The summed E-state index contributed by atoms with van der Waals surface area (Å²) in [5, 5.41) is 0. The standard InChI is InChI=1S/C19H22N2O4/c22-18(17-4-2-10-23-17)21-8-5-19(6-9-21)11-16(25-14-19)13-24-15-3-1-7-20-12-15/h1-4,7,10,12,16H,5-6,8-9,11,13-14H2/t16-/m0/s1. The van der Waals surface area contributed by atoms with Gasteiger partial charge in [-0.25, -0.2) is 0 Å². The van der Waals surface area contributed by atoms with Crippen molar-refractivity contribution in [3.8, 4) is 5.75 Å². The molecule has 0 unspecified atom stereocenters. The van der Waals surface area contributed by atoms with Gasteiger partial charge in [0, 0.05) is 19.3 Å². The van der Waals surface area contributed by atoms with E-state index >= 15 is 0 Å². The predicted octanol–water partition coefficient (Wildman–Crippen LogP) is 2.76. The minimum atomic E-state index is -0.0183. The Morgan fingerprint density at radius 1 is 1.32 bits per heavy atom. The molecule has 0 radical (unpaired) electrons. The molecule has 6 heteroatoms. The average molecular weight is 342 g/mol. The third kappa shape index (κ3) is 3.54. The number of nitrogens with zero attached hydrogens (tertiary/aromatic N) is 2. The molecular weight excluding hydrogens is 320 g/mol. The van der Waals surface area contributed by atoms with Crippen molar-refractivity contribution in [3.63, 3.8) is 0 Å². The lowest BCUT2D eigenvalue weighted by molar-refractivity contribution is 0.0414. The molecule has 2 aliphatic rings. The third-order valence-corrected chi connectivity index (χ3v) is 5.20. The molecule has 1 spiro atoms. The number of rotatable bonds is 4. The van der Waals surface area contributed by atoms with Gasteiger partial charge in [0.1, 0.15) is 12.4 Å². The normalized spacial score (nSPS) is 22.2. The molecule has 6 nitrogen and oxygen atoms in total. The highest BCUT2D eigenvalue weighted by molar-refractivity contribution is 5.91. The fraction of sp³-hybridized carbons (Fsp3) is 0.474. The van der Waals surface area contributed by atoms with E-state index < -0.39 is 0 Å². The van der Waals surface area contributed by atoms with Crippen molar-refractivity contribution in [2.45, 2.75) is 25.4 Å². The first kappa shape index (κ1) is 16.1. The fourth-order valence-electron chi connectivity index (χ4n) is 3.71. The van der Waals surface area contributed by atoms with Crippen LogP contribution in [0.2, 0.25) is 0 Å². The van der Waals surface area contributed by atoms with E-state index in [2.05, 4.69) is 4.98 Å². The number of ether oxygens (including phenoxy) is 2. The molecule has 2 aliphatic heterocycles. The molecule has 0 aliphatic carbocycles. The van der Waals surface area contributed by atoms with Crippen LogP contribution >= 0.6 is 0 Å². The molecular formula is C19H22N2O4. The van der Waals surface area contributed by atoms with E-state index in [0.717, 1.165) is 44.7 Å². The lowest BCUT2D eigenvalue weighted by Gasteiger charge is -2.38. The smallest absolute Gasteiger partial charge is 0.289 e. The van der Waals surface area contributed by atoms with Crippen molar-refractivity contribution in [2.24, 2.45) is 5.41 Å². The first-order valence-corrected chi connectivity index (χ1v) is 8.71. The molecule has 2 aromatic rings. The average Bonchev–Trinajstić information content (AvgIpc) is 3.32. The summed E-state index contributed by atoms with van der Waals surface area (Å²) in [4.78, 5) is 18.3. The van der Waals surface area contributed by atoms with Crippen LogP contribution in [0.3, 0.4) is 0 Å². The van der Waals surface area contributed by atoms with Gasteiger partial charge >= 0.3 is 0 Å². The number of amides is 1. The number of carbonyl (C=O) groups is 1. The van der Waals surface area contributed by atoms with Crippen LogP contribution in [-0.2, 0) is 4.74 Å². The van der Waals surface area contributed by atoms with Crippen LogP contribution in [0, 0.1) is 5.41 Å². The molecule has 0 bridgehead atoms. The summed E-state index contributed by atoms with van der Waals surface area (Å²) in [7, 11) is 0. The lowest BCUT2D eigenvalue weighted by atomic mass is 9.76. The number of likely N-dealkylation sites (tertiary alicyclic amines) is 1. The van der Waals surface area contributed by atoms with Crippen LogP contribution in [0.1, 0.15) is 29.8 Å². The summed E-state index contributed by atoms with van der Waals surface area (Å²) in [5.74, 6) is 1.17. The zero-order valence-corrected chi connectivity index (χ0v) is 14.1. The van der Waals surface area contributed by atoms with Crippen molar-refractivity contribution in [3.05, 3.63) is 48.7 Å². The van der Waals surface area contributed by atoms with Gasteiger partial charge in [-0.15, -0.1) is 0 Å². The molecule has 1 amide bonds. The van der Waals surface area contributed by atoms with Gasteiger partial charge in [0.15, 0.2) is 5.76 Å². The van der Waals surface area contributed by atoms with E-state index in [1.165, 1.54) is 6.26 Å². The molecule has 0 N–H and O–H groups in total. The predicted molar refractivity (Wildman–Crippen MR) is 90.4 cm³/mol. The Labute approximate surface area is 146 Å². The zero-order valence-electron chi connectivity index (χ0n) is 14.1. The highest BCUT2D eigenvalue weighted by atomic mass is 16.5. The second-order valence-electron chi connectivity index (χ2n) is 6.91. The number of carbonyl (C=O) groups excluding carboxylic acids is 1. The number of furan rings is 1. The van der Waals surface area contributed by atoms with Crippen LogP contribution < -0.4 is 4.74 Å². The maximum atomic E-state index is 12.4. The molecule has 1 atom stereocenters. The van der Waals surface area contributed by atoms with Crippen molar-refractivity contribution in [1.82, 2.24) is 9.88 Å². The Morgan fingerprint density at radius 2 is 2.20 bits per heavy atom. The molecule has 25 heavy (non-hydrogen) atoms. The van der Waals surface area contributed by atoms with Gasteiger partial charge in [-0.05, 0) is 48.9 Å². The van der Waals surface area contributed by atoms with Crippen molar-refractivity contribution in [2.75, 3.05) is 26.3 Å². The van der Waals surface area contributed by atoms with Gasteiger partial charge < -0.3 is 18.8 Å². The van der Waals surface area contributed by atoms with Gasteiger partial charge in [-0.2, -0.15) is 0 Å². The summed E-state index contributed by atoms with van der Waals surface area (Å²) < 4.78 is 17.0. The first-order chi connectivity index (χ1) is 12.2. The largest absolute Gasteiger partial charge is 0.489 e. The monoisotopic (exact) mass is 342 g/mol. The van der Waals surface area contributed by atoms with Crippen molar-refractivity contribution >= 4 is 5.91 Å². The molecule has 4 rings (SSSR count). The number of aromatic nitrogens is 1.